The third-order valence-corrected chi connectivity index (χ3v) is 3.74. The van der Waals surface area contributed by atoms with E-state index < -0.39 is 0 Å². The van der Waals surface area contributed by atoms with Crippen LogP contribution in [0.15, 0.2) is 30.3 Å². The first-order valence-electron chi connectivity index (χ1n) is 7.46. The summed E-state index contributed by atoms with van der Waals surface area (Å²) in [6.07, 6.45) is 3.09. The highest BCUT2D eigenvalue weighted by Gasteiger charge is 2.25. The average Bonchev–Trinajstić information content (AvgIpc) is 2.52. The van der Waals surface area contributed by atoms with Gasteiger partial charge in [-0.3, -0.25) is 14.9 Å². The van der Waals surface area contributed by atoms with Gasteiger partial charge in [0.1, 0.15) is 6.04 Å². The van der Waals surface area contributed by atoms with E-state index in [9.17, 15) is 9.59 Å². The molecule has 1 aromatic rings. The number of nitrogens with zero attached hydrogens (tertiary/aromatic N) is 1. The highest BCUT2D eigenvalue weighted by atomic mass is 16.2. The molecule has 1 unspecified atom stereocenters. The predicted octanol–water partition coefficient (Wildman–Crippen LogP) is 0.556. The molecule has 0 aliphatic carbocycles. The zero-order valence-corrected chi connectivity index (χ0v) is 12.5. The second kappa shape index (κ2) is 7.78. The molecule has 5 heteroatoms. The van der Waals surface area contributed by atoms with E-state index in [0.717, 1.165) is 25.8 Å². The summed E-state index contributed by atoms with van der Waals surface area (Å²) < 4.78 is 0. The Kier molecular flexibility index (Phi) is 5.75. The summed E-state index contributed by atoms with van der Waals surface area (Å²) in [5, 5.41) is 5.67. The molecule has 0 bridgehead atoms. The molecule has 1 atom stereocenters. The van der Waals surface area contributed by atoms with Crippen molar-refractivity contribution in [2.24, 2.45) is 0 Å². The molecule has 114 valence electrons. The Labute approximate surface area is 125 Å². The number of amides is 2. The maximum absolute atomic E-state index is 12.2. The van der Waals surface area contributed by atoms with Crippen LogP contribution in [0.1, 0.15) is 18.4 Å². The van der Waals surface area contributed by atoms with Gasteiger partial charge in [-0.1, -0.05) is 30.3 Å². The number of benzene rings is 1. The predicted molar refractivity (Wildman–Crippen MR) is 81.8 cm³/mol. The van der Waals surface area contributed by atoms with Crippen LogP contribution in [0.3, 0.4) is 0 Å². The second-order valence-electron chi connectivity index (χ2n) is 5.44. The minimum atomic E-state index is -0.290. The Bertz CT molecular complexity index is 466. The number of aryl methyl sites for hydroxylation is 1. The number of piperazine rings is 1. The highest BCUT2D eigenvalue weighted by Crippen LogP contribution is 2.05. The van der Waals surface area contributed by atoms with E-state index in [1.165, 1.54) is 5.56 Å². The number of carbonyl (C=O) groups excluding carboxylic acids is 2. The quantitative estimate of drug-likeness (QED) is 0.752. The van der Waals surface area contributed by atoms with E-state index in [2.05, 4.69) is 22.8 Å². The normalized spacial score (nSPS) is 18.1. The van der Waals surface area contributed by atoms with Crippen molar-refractivity contribution in [3.8, 4) is 0 Å². The number of likely N-dealkylation sites (N-methyl/N-ethyl adjacent to an activating group) is 1. The van der Waals surface area contributed by atoms with Crippen LogP contribution in [0.4, 0.5) is 0 Å². The van der Waals surface area contributed by atoms with Crippen LogP contribution in [0.5, 0.6) is 0 Å². The zero-order valence-electron chi connectivity index (χ0n) is 12.5. The molecule has 1 aromatic carbocycles. The summed E-state index contributed by atoms with van der Waals surface area (Å²) >= 11 is 0. The number of rotatable bonds is 6. The molecule has 1 fully saturated rings. The largest absolute Gasteiger partial charge is 0.353 e. The Morgan fingerprint density at radius 3 is 2.71 bits per heavy atom. The van der Waals surface area contributed by atoms with Crippen LogP contribution in [0.2, 0.25) is 0 Å². The first-order valence-corrected chi connectivity index (χ1v) is 7.46. The van der Waals surface area contributed by atoms with Gasteiger partial charge in [0.15, 0.2) is 0 Å². The first kappa shape index (κ1) is 15.5. The third-order valence-electron chi connectivity index (χ3n) is 3.74. The van der Waals surface area contributed by atoms with Crippen LogP contribution < -0.4 is 10.6 Å². The van der Waals surface area contributed by atoms with Gasteiger partial charge in [0, 0.05) is 20.1 Å². The molecular weight excluding hydrogens is 266 g/mol. The summed E-state index contributed by atoms with van der Waals surface area (Å²) in [4.78, 5) is 25.0. The number of carbonyl (C=O) groups is 2. The smallest absolute Gasteiger partial charge is 0.241 e. The molecule has 2 amide bonds. The van der Waals surface area contributed by atoms with Gasteiger partial charge in [0.25, 0.3) is 0 Å². The topological polar surface area (TPSA) is 61.4 Å². The summed E-state index contributed by atoms with van der Waals surface area (Å²) in [6.45, 7) is 1.35. The SMILES string of the molecule is CN(CCCCc1ccccc1)C(=O)C1CNC(=O)CN1. The van der Waals surface area contributed by atoms with Gasteiger partial charge in [0.2, 0.25) is 11.8 Å². The fourth-order valence-corrected chi connectivity index (χ4v) is 2.44. The molecule has 0 aromatic heterocycles. The number of hydrogen-bond acceptors (Lipinski definition) is 3. The van der Waals surface area contributed by atoms with E-state index in [-0.39, 0.29) is 24.4 Å². The summed E-state index contributed by atoms with van der Waals surface area (Å²) in [5.74, 6) is -0.000671. The van der Waals surface area contributed by atoms with Crippen molar-refractivity contribution in [3.05, 3.63) is 35.9 Å². The zero-order chi connectivity index (χ0) is 15.1. The van der Waals surface area contributed by atoms with E-state index >= 15 is 0 Å². The second-order valence-corrected chi connectivity index (χ2v) is 5.44. The van der Waals surface area contributed by atoms with Crippen LogP contribution in [0.25, 0.3) is 0 Å². The fourth-order valence-electron chi connectivity index (χ4n) is 2.44. The van der Waals surface area contributed by atoms with Gasteiger partial charge < -0.3 is 10.2 Å². The molecule has 0 spiro atoms. The average molecular weight is 289 g/mol. The van der Waals surface area contributed by atoms with Crippen molar-refractivity contribution in [2.75, 3.05) is 26.7 Å². The lowest BCUT2D eigenvalue weighted by Gasteiger charge is -2.27. The molecule has 21 heavy (non-hydrogen) atoms. The highest BCUT2D eigenvalue weighted by molar-refractivity contribution is 5.86. The maximum atomic E-state index is 12.2. The minimum absolute atomic E-state index is 0.0507. The number of hydrogen-bond donors (Lipinski definition) is 2. The number of nitrogens with one attached hydrogen (secondary N) is 2. The van der Waals surface area contributed by atoms with Gasteiger partial charge in [-0.05, 0) is 24.8 Å². The lowest BCUT2D eigenvalue weighted by molar-refractivity contribution is -0.133. The van der Waals surface area contributed by atoms with Gasteiger partial charge in [-0.25, -0.2) is 0 Å². The molecule has 1 heterocycles. The summed E-state index contributed by atoms with van der Waals surface area (Å²) in [6, 6.07) is 10.1. The fraction of sp³-hybridized carbons (Fsp3) is 0.500. The van der Waals surface area contributed by atoms with Crippen LogP contribution in [0, 0.1) is 0 Å². The molecule has 2 N–H and O–H groups in total. The molecule has 2 rings (SSSR count). The molecule has 0 saturated carbocycles. The first-order chi connectivity index (χ1) is 10.2. The Balaban J connectivity index is 1.66. The standard InChI is InChI=1S/C16H23N3O2/c1-19(16(21)14-11-18-15(20)12-17-14)10-6-5-9-13-7-3-2-4-8-13/h2-4,7-8,14,17H,5-6,9-12H2,1H3,(H,18,20). The van der Waals surface area contributed by atoms with Crippen molar-refractivity contribution in [2.45, 2.75) is 25.3 Å². The van der Waals surface area contributed by atoms with E-state index in [1.807, 2.05) is 25.2 Å². The van der Waals surface area contributed by atoms with Crippen LogP contribution in [-0.2, 0) is 16.0 Å². The number of unbranched alkanes of at least 4 members (excludes halogenated alkanes) is 1. The molecular formula is C16H23N3O2. The maximum Gasteiger partial charge on any atom is 0.241 e. The van der Waals surface area contributed by atoms with Gasteiger partial charge in [-0.15, -0.1) is 0 Å². The molecule has 1 saturated heterocycles. The summed E-state index contributed by atoms with van der Waals surface area (Å²) in [5.41, 5.74) is 1.34. The Hall–Kier alpha value is -1.88. The minimum Gasteiger partial charge on any atom is -0.353 e. The van der Waals surface area contributed by atoms with Crippen LogP contribution in [-0.4, -0.2) is 49.4 Å². The Morgan fingerprint density at radius 2 is 2.05 bits per heavy atom. The summed E-state index contributed by atoms with van der Waals surface area (Å²) in [7, 11) is 1.82. The third kappa shape index (κ3) is 4.86. The van der Waals surface area contributed by atoms with Crippen molar-refractivity contribution in [1.29, 1.82) is 0 Å². The van der Waals surface area contributed by atoms with Crippen molar-refractivity contribution in [3.63, 3.8) is 0 Å². The van der Waals surface area contributed by atoms with Crippen molar-refractivity contribution < 1.29 is 9.59 Å². The molecule has 1 aliphatic rings. The lowest BCUT2D eigenvalue weighted by Crippen LogP contribution is -2.58. The molecule has 0 radical (unpaired) electrons. The van der Waals surface area contributed by atoms with Crippen molar-refractivity contribution in [1.82, 2.24) is 15.5 Å². The van der Waals surface area contributed by atoms with Gasteiger partial charge in [-0.2, -0.15) is 0 Å². The van der Waals surface area contributed by atoms with Gasteiger partial charge in [0.05, 0.1) is 6.54 Å². The van der Waals surface area contributed by atoms with E-state index in [0.29, 0.717) is 6.54 Å². The Morgan fingerprint density at radius 1 is 1.29 bits per heavy atom. The van der Waals surface area contributed by atoms with E-state index in [4.69, 9.17) is 0 Å². The van der Waals surface area contributed by atoms with Crippen LogP contribution >= 0.6 is 0 Å². The van der Waals surface area contributed by atoms with Crippen molar-refractivity contribution >= 4 is 11.8 Å². The molecule has 1 aliphatic heterocycles. The lowest BCUT2D eigenvalue weighted by atomic mass is 10.1. The van der Waals surface area contributed by atoms with E-state index in [1.54, 1.807) is 4.90 Å². The van der Waals surface area contributed by atoms with Gasteiger partial charge >= 0.3 is 0 Å². The monoisotopic (exact) mass is 289 g/mol. The molecule has 5 nitrogen and oxygen atoms in total.